The molecule has 1 aliphatic heterocycles. The van der Waals surface area contributed by atoms with E-state index in [-0.39, 0.29) is 11.8 Å². The highest BCUT2D eigenvalue weighted by Gasteiger charge is 2.19. The van der Waals surface area contributed by atoms with Gasteiger partial charge in [0.15, 0.2) is 6.10 Å². The molecule has 0 aromatic heterocycles. The molecule has 1 atom stereocenters. The molecule has 1 heterocycles. The van der Waals surface area contributed by atoms with E-state index in [1.165, 1.54) is 5.69 Å². The lowest BCUT2D eigenvalue weighted by Crippen LogP contribution is -2.49. The molecule has 2 amide bonds. The first kappa shape index (κ1) is 21.6. The zero-order valence-corrected chi connectivity index (χ0v) is 17.6. The Bertz CT molecular complexity index is 835. The summed E-state index contributed by atoms with van der Waals surface area (Å²) in [6, 6.07) is 17.8. The number of benzene rings is 2. The fourth-order valence-electron chi connectivity index (χ4n) is 3.37. The minimum atomic E-state index is -0.710. The molecular weight excluding hydrogens is 380 g/mol. The highest BCUT2D eigenvalue weighted by atomic mass is 16.5. The number of nitrogens with zero attached hydrogens (tertiary/aromatic N) is 2. The Hall–Kier alpha value is -3.06. The molecule has 30 heavy (non-hydrogen) atoms. The van der Waals surface area contributed by atoms with Gasteiger partial charge in [0.2, 0.25) is 5.91 Å². The van der Waals surface area contributed by atoms with Gasteiger partial charge in [-0.05, 0) is 43.7 Å². The molecule has 1 saturated heterocycles. The maximum atomic E-state index is 12.1. The number of carbonyl (C=O) groups is 2. The molecule has 2 aromatic carbocycles. The molecule has 1 aliphatic rings. The number of rotatable bonds is 7. The number of ether oxygens (including phenoxy) is 1. The van der Waals surface area contributed by atoms with Crippen LogP contribution in [0.1, 0.15) is 18.9 Å². The smallest absolute Gasteiger partial charge is 0.279 e. The van der Waals surface area contributed by atoms with Crippen molar-refractivity contribution in [3.8, 4) is 5.75 Å². The van der Waals surface area contributed by atoms with Crippen molar-refractivity contribution < 1.29 is 14.3 Å². The van der Waals surface area contributed by atoms with Crippen molar-refractivity contribution in [2.45, 2.75) is 26.4 Å². The summed E-state index contributed by atoms with van der Waals surface area (Å²) in [7, 11) is 0. The fourth-order valence-corrected chi connectivity index (χ4v) is 3.37. The van der Waals surface area contributed by atoms with E-state index >= 15 is 0 Å². The van der Waals surface area contributed by atoms with Crippen LogP contribution in [0.25, 0.3) is 0 Å². The van der Waals surface area contributed by atoms with Crippen LogP contribution in [0.4, 0.5) is 5.69 Å². The van der Waals surface area contributed by atoms with E-state index in [2.05, 4.69) is 32.8 Å². The van der Waals surface area contributed by atoms with Crippen molar-refractivity contribution in [2.75, 3.05) is 37.6 Å². The average Bonchev–Trinajstić information content (AvgIpc) is 2.77. The maximum Gasteiger partial charge on any atom is 0.279 e. The summed E-state index contributed by atoms with van der Waals surface area (Å²) < 4.78 is 5.61. The third-order valence-electron chi connectivity index (χ3n) is 5.15. The summed E-state index contributed by atoms with van der Waals surface area (Å²) in [5.41, 5.74) is 7.21. The Balaban J connectivity index is 1.32. The third kappa shape index (κ3) is 6.49. The van der Waals surface area contributed by atoms with Crippen LogP contribution >= 0.6 is 0 Å². The number of hydrogen-bond acceptors (Lipinski definition) is 5. The van der Waals surface area contributed by atoms with Crippen LogP contribution < -0.4 is 20.5 Å². The van der Waals surface area contributed by atoms with Crippen LogP contribution in [-0.4, -0.2) is 55.5 Å². The van der Waals surface area contributed by atoms with Gasteiger partial charge in [0.1, 0.15) is 5.75 Å². The first-order chi connectivity index (χ1) is 14.5. The van der Waals surface area contributed by atoms with Crippen molar-refractivity contribution in [3.05, 3.63) is 60.2 Å². The second kappa shape index (κ2) is 10.6. The Kier molecular flexibility index (Phi) is 7.68. The lowest BCUT2D eigenvalue weighted by atomic mass is 10.2. The molecular formula is C23H30N4O3. The number of aryl methyl sites for hydroxylation is 1. The van der Waals surface area contributed by atoms with E-state index in [0.717, 1.165) is 31.7 Å². The molecule has 0 saturated carbocycles. The predicted octanol–water partition coefficient (Wildman–Crippen LogP) is 2.12. The number of hydrogen-bond donors (Lipinski definition) is 2. The molecule has 7 heteroatoms. The van der Waals surface area contributed by atoms with Crippen LogP contribution in [0.5, 0.6) is 5.75 Å². The van der Waals surface area contributed by atoms with E-state index in [1.807, 2.05) is 43.3 Å². The third-order valence-corrected chi connectivity index (χ3v) is 5.15. The maximum absolute atomic E-state index is 12.1. The topological polar surface area (TPSA) is 73.9 Å². The first-order valence-electron chi connectivity index (χ1n) is 10.4. The number of carbonyl (C=O) groups excluding carboxylic acids is 2. The predicted molar refractivity (Wildman–Crippen MR) is 117 cm³/mol. The quantitative estimate of drug-likeness (QED) is 0.684. The fraction of sp³-hybridized carbons (Fsp3) is 0.391. The summed E-state index contributed by atoms with van der Waals surface area (Å²) in [6.07, 6.45) is -0.378. The standard InChI is InChI=1S/C23H30N4O3/c1-18-7-6-10-21(17-18)30-19(2)23(29)25-24-22(28)11-12-26-13-15-27(16-14-26)20-8-4-3-5-9-20/h3-10,17,19H,11-16H2,1-2H3,(H,24,28)(H,25,29)/t19-/m0/s1. The Morgan fingerprint density at radius 3 is 2.43 bits per heavy atom. The normalized spacial score (nSPS) is 15.3. The van der Waals surface area contributed by atoms with Gasteiger partial charge < -0.3 is 9.64 Å². The molecule has 7 nitrogen and oxygen atoms in total. The van der Waals surface area contributed by atoms with Gasteiger partial charge in [-0.25, -0.2) is 0 Å². The minimum absolute atomic E-state index is 0.211. The van der Waals surface area contributed by atoms with Gasteiger partial charge in [0, 0.05) is 44.8 Å². The zero-order valence-electron chi connectivity index (χ0n) is 17.6. The molecule has 0 unspecified atom stereocenters. The number of nitrogens with one attached hydrogen (secondary N) is 2. The van der Waals surface area contributed by atoms with E-state index in [0.29, 0.717) is 18.7 Å². The largest absolute Gasteiger partial charge is 0.481 e. The van der Waals surface area contributed by atoms with E-state index in [4.69, 9.17) is 4.74 Å². The van der Waals surface area contributed by atoms with Crippen LogP contribution in [-0.2, 0) is 9.59 Å². The monoisotopic (exact) mass is 410 g/mol. The summed E-state index contributed by atoms with van der Waals surface area (Å²) in [4.78, 5) is 28.9. The number of anilines is 1. The van der Waals surface area contributed by atoms with Gasteiger partial charge in [0.05, 0.1) is 0 Å². The van der Waals surface area contributed by atoms with Gasteiger partial charge in [-0.2, -0.15) is 0 Å². The van der Waals surface area contributed by atoms with Crippen molar-refractivity contribution in [3.63, 3.8) is 0 Å². The molecule has 0 aliphatic carbocycles. The highest BCUT2D eigenvalue weighted by Crippen LogP contribution is 2.16. The van der Waals surface area contributed by atoms with Crippen LogP contribution in [0.3, 0.4) is 0 Å². The summed E-state index contributed by atoms with van der Waals surface area (Å²) >= 11 is 0. The lowest BCUT2D eigenvalue weighted by molar-refractivity contribution is -0.132. The lowest BCUT2D eigenvalue weighted by Gasteiger charge is -2.36. The second-order valence-corrected chi connectivity index (χ2v) is 7.53. The summed E-state index contributed by atoms with van der Waals surface area (Å²) in [5, 5.41) is 0. The van der Waals surface area contributed by atoms with E-state index < -0.39 is 6.10 Å². The number of piperazine rings is 1. The minimum Gasteiger partial charge on any atom is -0.481 e. The Labute approximate surface area is 178 Å². The van der Waals surface area contributed by atoms with Gasteiger partial charge in [-0.1, -0.05) is 30.3 Å². The zero-order chi connectivity index (χ0) is 21.3. The van der Waals surface area contributed by atoms with Gasteiger partial charge in [-0.15, -0.1) is 0 Å². The Morgan fingerprint density at radius 2 is 1.73 bits per heavy atom. The van der Waals surface area contributed by atoms with E-state index in [1.54, 1.807) is 13.0 Å². The number of amides is 2. The van der Waals surface area contributed by atoms with Crippen molar-refractivity contribution >= 4 is 17.5 Å². The molecule has 2 aromatic rings. The molecule has 2 N–H and O–H groups in total. The first-order valence-corrected chi connectivity index (χ1v) is 10.4. The van der Waals surface area contributed by atoms with Crippen LogP contribution in [0, 0.1) is 6.92 Å². The van der Waals surface area contributed by atoms with Crippen LogP contribution in [0.2, 0.25) is 0 Å². The van der Waals surface area contributed by atoms with Gasteiger partial charge >= 0.3 is 0 Å². The number of para-hydroxylation sites is 1. The summed E-state index contributed by atoms with van der Waals surface area (Å²) in [6.45, 7) is 7.98. The van der Waals surface area contributed by atoms with Crippen molar-refractivity contribution in [1.82, 2.24) is 15.8 Å². The molecule has 1 fully saturated rings. The highest BCUT2D eigenvalue weighted by molar-refractivity contribution is 5.84. The molecule has 0 bridgehead atoms. The van der Waals surface area contributed by atoms with E-state index in [9.17, 15) is 9.59 Å². The summed E-state index contributed by atoms with van der Waals surface area (Å²) in [5.74, 6) is 0.0246. The second-order valence-electron chi connectivity index (χ2n) is 7.53. The molecule has 160 valence electrons. The molecule has 0 radical (unpaired) electrons. The number of hydrazine groups is 1. The molecule has 3 rings (SSSR count). The SMILES string of the molecule is Cc1cccc(O[C@@H](C)C(=O)NNC(=O)CCN2CCN(c3ccccc3)CC2)c1. The molecule has 0 spiro atoms. The average molecular weight is 411 g/mol. The van der Waals surface area contributed by atoms with Crippen molar-refractivity contribution in [2.24, 2.45) is 0 Å². The van der Waals surface area contributed by atoms with Crippen LogP contribution in [0.15, 0.2) is 54.6 Å². The Morgan fingerprint density at radius 1 is 1.00 bits per heavy atom. The van der Waals surface area contributed by atoms with Crippen molar-refractivity contribution in [1.29, 1.82) is 0 Å². The van der Waals surface area contributed by atoms with Gasteiger partial charge in [0.25, 0.3) is 5.91 Å². The van der Waals surface area contributed by atoms with Gasteiger partial charge in [-0.3, -0.25) is 25.3 Å².